The van der Waals surface area contributed by atoms with Gasteiger partial charge >= 0.3 is 0 Å². The third kappa shape index (κ3) is 3.49. The number of fused-ring (bicyclic) bond motifs is 1. The molecule has 20 heavy (non-hydrogen) atoms. The number of rotatable bonds is 8. The maximum Gasteiger partial charge on any atom is 0.246 e. The molecule has 0 bridgehead atoms. The summed E-state index contributed by atoms with van der Waals surface area (Å²) in [5, 5.41) is 6.03. The third-order valence-electron chi connectivity index (χ3n) is 3.11. The summed E-state index contributed by atoms with van der Waals surface area (Å²) >= 11 is 0. The lowest BCUT2D eigenvalue weighted by Gasteiger charge is -2.10. The number of carbonyl (C=O) groups is 1. The van der Waals surface area contributed by atoms with Gasteiger partial charge in [-0.15, -0.1) is 0 Å². The summed E-state index contributed by atoms with van der Waals surface area (Å²) < 4.78 is 11.0. The fourth-order valence-corrected chi connectivity index (χ4v) is 2.20. The first-order valence-corrected chi connectivity index (χ1v) is 7.15. The molecule has 1 aromatic rings. The van der Waals surface area contributed by atoms with Crippen molar-refractivity contribution in [3.05, 3.63) is 23.8 Å². The van der Waals surface area contributed by atoms with Gasteiger partial charge in [0.15, 0.2) is 0 Å². The fraction of sp³-hybridized carbons (Fsp3) is 0.533. The molecule has 2 N–H and O–H groups in total. The van der Waals surface area contributed by atoms with E-state index in [-0.39, 0.29) is 11.9 Å². The molecule has 0 aliphatic carbocycles. The number of benzene rings is 1. The van der Waals surface area contributed by atoms with Gasteiger partial charge in [0.25, 0.3) is 0 Å². The van der Waals surface area contributed by atoms with Crippen molar-refractivity contribution in [1.82, 2.24) is 5.32 Å². The molecule has 0 aromatic heterocycles. The average molecular weight is 278 g/mol. The SMILES string of the molecule is CCCOCCOc1ccc2c(c1)NC(=O)C2NCC. The second-order valence-corrected chi connectivity index (χ2v) is 4.69. The Bertz CT molecular complexity index is 462. The van der Waals surface area contributed by atoms with E-state index < -0.39 is 0 Å². The zero-order valence-electron chi connectivity index (χ0n) is 12.1. The summed E-state index contributed by atoms with van der Waals surface area (Å²) in [5.74, 6) is 0.742. The molecule has 110 valence electrons. The summed E-state index contributed by atoms with van der Waals surface area (Å²) in [6, 6.07) is 5.44. The Kier molecular flexibility index (Phi) is 5.38. The summed E-state index contributed by atoms with van der Waals surface area (Å²) in [4.78, 5) is 11.8. The molecule has 0 saturated carbocycles. The zero-order chi connectivity index (χ0) is 14.4. The molecule has 1 unspecified atom stereocenters. The van der Waals surface area contributed by atoms with Gasteiger partial charge in [0.2, 0.25) is 5.91 Å². The Hall–Kier alpha value is -1.59. The first-order chi connectivity index (χ1) is 9.76. The number of hydrogen-bond donors (Lipinski definition) is 2. The summed E-state index contributed by atoms with van der Waals surface area (Å²) in [6.07, 6.45) is 1.01. The van der Waals surface area contributed by atoms with Crippen molar-refractivity contribution in [1.29, 1.82) is 0 Å². The second kappa shape index (κ2) is 7.26. The largest absolute Gasteiger partial charge is 0.491 e. The molecule has 1 atom stereocenters. The van der Waals surface area contributed by atoms with Crippen LogP contribution < -0.4 is 15.4 Å². The van der Waals surface area contributed by atoms with Crippen LogP contribution >= 0.6 is 0 Å². The van der Waals surface area contributed by atoms with E-state index in [1.54, 1.807) is 0 Å². The number of likely N-dealkylation sites (N-methyl/N-ethyl adjacent to an activating group) is 1. The lowest BCUT2D eigenvalue weighted by Crippen LogP contribution is -2.27. The highest BCUT2D eigenvalue weighted by Crippen LogP contribution is 2.33. The number of nitrogens with one attached hydrogen (secondary N) is 2. The van der Waals surface area contributed by atoms with Gasteiger partial charge in [-0.05, 0) is 19.0 Å². The number of hydrogen-bond acceptors (Lipinski definition) is 4. The molecule has 1 aliphatic rings. The van der Waals surface area contributed by atoms with E-state index in [0.29, 0.717) is 13.2 Å². The van der Waals surface area contributed by atoms with E-state index in [2.05, 4.69) is 17.6 Å². The van der Waals surface area contributed by atoms with Crippen LogP contribution in [-0.4, -0.2) is 32.3 Å². The Labute approximate surface area is 119 Å². The van der Waals surface area contributed by atoms with E-state index in [1.807, 2.05) is 25.1 Å². The van der Waals surface area contributed by atoms with E-state index in [1.165, 1.54) is 0 Å². The van der Waals surface area contributed by atoms with Crippen molar-refractivity contribution in [2.24, 2.45) is 0 Å². The van der Waals surface area contributed by atoms with Crippen LogP contribution in [0, 0.1) is 0 Å². The van der Waals surface area contributed by atoms with Gasteiger partial charge in [0.1, 0.15) is 18.4 Å². The molecule has 2 rings (SSSR count). The highest BCUT2D eigenvalue weighted by molar-refractivity contribution is 6.02. The lowest BCUT2D eigenvalue weighted by atomic mass is 10.1. The molecule has 1 amide bonds. The van der Waals surface area contributed by atoms with E-state index in [0.717, 1.165) is 36.6 Å². The van der Waals surface area contributed by atoms with E-state index >= 15 is 0 Å². The van der Waals surface area contributed by atoms with Crippen LogP contribution in [-0.2, 0) is 9.53 Å². The highest BCUT2D eigenvalue weighted by Gasteiger charge is 2.29. The minimum absolute atomic E-state index is 0.00900. The maximum atomic E-state index is 11.8. The molecule has 1 aromatic carbocycles. The van der Waals surface area contributed by atoms with Gasteiger partial charge in [-0.2, -0.15) is 0 Å². The fourth-order valence-electron chi connectivity index (χ4n) is 2.20. The van der Waals surface area contributed by atoms with Crippen LogP contribution in [0.4, 0.5) is 5.69 Å². The van der Waals surface area contributed by atoms with Crippen molar-refractivity contribution in [2.45, 2.75) is 26.3 Å². The van der Waals surface area contributed by atoms with Gasteiger partial charge in [-0.25, -0.2) is 0 Å². The zero-order valence-corrected chi connectivity index (χ0v) is 12.1. The van der Waals surface area contributed by atoms with Gasteiger partial charge in [-0.3, -0.25) is 4.79 Å². The van der Waals surface area contributed by atoms with Crippen LogP contribution in [0.5, 0.6) is 5.75 Å². The first-order valence-electron chi connectivity index (χ1n) is 7.15. The summed E-state index contributed by atoms with van der Waals surface area (Å²) in [6.45, 7) is 6.67. The minimum atomic E-state index is -0.253. The molecule has 1 heterocycles. The molecule has 1 aliphatic heterocycles. The third-order valence-corrected chi connectivity index (χ3v) is 3.11. The summed E-state index contributed by atoms with van der Waals surface area (Å²) in [7, 11) is 0. The molecular weight excluding hydrogens is 256 g/mol. The quantitative estimate of drug-likeness (QED) is 0.715. The van der Waals surface area contributed by atoms with Crippen molar-refractivity contribution < 1.29 is 14.3 Å². The Morgan fingerprint density at radius 2 is 2.10 bits per heavy atom. The molecule has 5 nitrogen and oxygen atoms in total. The monoisotopic (exact) mass is 278 g/mol. The van der Waals surface area contributed by atoms with Gasteiger partial charge in [0, 0.05) is 23.9 Å². The van der Waals surface area contributed by atoms with Gasteiger partial charge < -0.3 is 20.1 Å². The smallest absolute Gasteiger partial charge is 0.246 e. The Morgan fingerprint density at radius 1 is 1.25 bits per heavy atom. The van der Waals surface area contributed by atoms with Crippen LogP contribution in [0.15, 0.2) is 18.2 Å². The number of carbonyl (C=O) groups excluding carboxylic acids is 1. The summed E-state index contributed by atoms with van der Waals surface area (Å²) in [5.41, 5.74) is 1.80. The van der Waals surface area contributed by atoms with Crippen LogP contribution in [0.1, 0.15) is 31.9 Å². The number of amides is 1. The topological polar surface area (TPSA) is 59.6 Å². The molecular formula is C15H22N2O3. The van der Waals surface area contributed by atoms with Crippen LogP contribution in [0.25, 0.3) is 0 Å². The Balaban J connectivity index is 1.92. The number of ether oxygens (including phenoxy) is 2. The normalized spacial score (nSPS) is 16.9. The first kappa shape index (κ1) is 14.8. The van der Waals surface area contributed by atoms with E-state index in [9.17, 15) is 4.79 Å². The van der Waals surface area contributed by atoms with E-state index in [4.69, 9.17) is 9.47 Å². The standard InChI is InChI=1S/C15H22N2O3/c1-3-7-19-8-9-20-11-5-6-12-13(10-11)17-15(18)14(12)16-4-2/h5-6,10,14,16H,3-4,7-9H2,1-2H3,(H,17,18). The average Bonchev–Trinajstić information content (AvgIpc) is 2.75. The number of anilines is 1. The van der Waals surface area contributed by atoms with Crippen molar-refractivity contribution >= 4 is 11.6 Å². The molecule has 0 saturated heterocycles. The van der Waals surface area contributed by atoms with Crippen LogP contribution in [0.2, 0.25) is 0 Å². The molecule has 5 heteroatoms. The van der Waals surface area contributed by atoms with Gasteiger partial charge in [0.05, 0.1) is 6.61 Å². The minimum Gasteiger partial charge on any atom is -0.491 e. The highest BCUT2D eigenvalue weighted by atomic mass is 16.5. The van der Waals surface area contributed by atoms with Gasteiger partial charge in [-0.1, -0.05) is 19.9 Å². The predicted molar refractivity (Wildman–Crippen MR) is 78.1 cm³/mol. The van der Waals surface area contributed by atoms with Crippen LogP contribution in [0.3, 0.4) is 0 Å². The molecule has 0 spiro atoms. The van der Waals surface area contributed by atoms with Crippen molar-refractivity contribution in [3.63, 3.8) is 0 Å². The molecule has 0 radical (unpaired) electrons. The Morgan fingerprint density at radius 3 is 2.85 bits per heavy atom. The molecule has 0 fully saturated rings. The second-order valence-electron chi connectivity index (χ2n) is 4.69. The predicted octanol–water partition coefficient (Wildman–Crippen LogP) is 2.09. The van der Waals surface area contributed by atoms with Crippen molar-refractivity contribution in [2.75, 3.05) is 31.7 Å². The lowest BCUT2D eigenvalue weighted by molar-refractivity contribution is -0.117. The van der Waals surface area contributed by atoms with Crippen molar-refractivity contribution in [3.8, 4) is 5.75 Å². The maximum absolute atomic E-state index is 11.8.